The molecule has 4 nitrogen and oxygen atoms in total. The van der Waals surface area contributed by atoms with Gasteiger partial charge in [0, 0.05) is 55.7 Å². The van der Waals surface area contributed by atoms with Crippen molar-refractivity contribution in [2.75, 3.05) is 9.80 Å². The highest BCUT2D eigenvalue weighted by atomic mass is 15.2. The van der Waals surface area contributed by atoms with Crippen molar-refractivity contribution in [1.82, 2.24) is 9.13 Å². The molecule has 11 aromatic carbocycles. The van der Waals surface area contributed by atoms with Crippen LogP contribution in [0.25, 0.3) is 77.2 Å². The molecule has 0 spiro atoms. The third-order valence-corrected chi connectivity index (χ3v) is 21.9. The Morgan fingerprint density at radius 2 is 0.657 bits per heavy atom. The van der Waals surface area contributed by atoms with Crippen molar-refractivity contribution < 1.29 is 0 Å². The van der Waals surface area contributed by atoms with Gasteiger partial charge in [0.1, 0.15) is 0 Å². The minimum atomic E-state index is -0.202. The van der Waals surface area contributed by atoms with Gasteiger partial charge >= 0.3 is 0 Å². The lowest BCUT2D eigenvalue weighted by Crippen LogP contribution is -2.61. The lowest BCUT2D eigenvalue weighted by atomic mass is 9.33. The van der Waals surface area contributed by atoms with Gasteiger partial charge < -0.3 is 18.9 Å². The molecule has 0 aliphatic carbocycles. The Morgan fingerprint density at radius 3 is 1.03 bits per heavy atom. The molecule has 4 heterocycles. The number of benzene rings is 11. The van der Waals surface area contributed by atoms with Crippen LogP contribution in [0.15, 0.2) is 218 Å². The van der Waals surface area contributed by atoms with Gasteiger partial charge in [0.25, 0.3) is 6.71 Å². The van der Waals surface area contributed by atoms with E-state index in [1.54, 1.807) is 0 Å². The zero-order valence-corrected chi connectivity index (χ0v) is 60.4. The molecule has 0 amide bonds. The summed E-state index contributed by atoms with van der Waals surface area (Å²) in [5.74, 6) is 0. The number of nitrogens with zero attached hydrogens (tertiary/aromatic N) is 4. The summed E-state index contributed by atoms with van der Waals surface area (Å²) in [6.45, 7) is 21.5. The highest BCUT2D eigenvalue weighted by Gasteiger charge is 2.46. The number of hydrogen-bond acceptors (Lipinski definition) is 2. The summed E-state index contributed by atoms with van der Waals surface area (Å²) in [4.78, 5) is 5.74. The SMILES string of the molecule is CCCCc1cc(CCCC)c(N2c3cc(-n4c5ccccc5c5cc(-c6ccccc6)ccc54)ccc3B3c4ccc(-n5c6ccccc6c6cc(-c7ccccc7)ccc65)cc4N(c4c(CCCC)cc(CCCC)cc4CCCC)c4cc(C(C)(C)C)cc2c43)c(CCCC)c1. The fourth-order valence-corrected chi connectivity index (χ4v) is 16.8. The molecule has 13 aromatic rings. The van der Waals surface area contributed by atoms with Crippen LogP contribution in [0.3, 0.4) is 0 Å². The monoisotopic (exact) mass is 1290 g/mol. The molecule has 0 atom stereocenters. The van der Waals surface area contributed by atoms with E-state index in [0.717, 1.165) is 89.9 Å². The van der Waals surface area contributed by atoms with Gasteiger partial charge in [0.15, 0.2) is 0 Å². The molecular formula is C94H99BN4. The van der Waals surface area contributed by atoms with Crippen LogP contribution in [0.1, 0.15) is 178 Å². The predicted molar refractivity (Wildman–Crippen MR) is 430 cm³/mol. The maximum Gasteiger partial charge on any atom is 0.252 e. The minimum Gasteiger partial charge on any atom is -0.311 e. The van der Waals surface area contributed by atoms with Crippen molar-refractivity contribution in [3.8, 4) is 33.6 Å². The van der Waals surface area contributed by atoms with Crippen LogP contribution >= 0.6 is 0 Å². The first-order chi connectivity index (χ1) is 48.5. The average molecular weight is 1300 g/mol. The van der Waals surface area contributed by atoms with Crippen molar-refractivity contribution in [1.29, 1.82) is 0 Å². The van der Waals surface area contributed by atoms with Crippen molar-refractivity contribution in [3.63, 3.8) is 0 Å². The van der Waals surface area contributed by atoms with Gasteiger partial charge in [-0.05, 0) is 233 Å². The molecular weight excluding hydrogens is 1200 g/mol. The first-order valence-electron chi connectivity index (χ1n) is 38.1. The maximum absolute atomic E-state index is 2.87. The fraction of sp³-hybridized carbons (Fsp3) is 0.298. The molecule has 15 rings (SSSR count). The smallest absolute Gasteiger partial charge is 0.252 e. The summed E-state index contributed by atoms with van der Waals surface area (Å²) < 4.78 is 5.15. The molecule has 99 heavy (non-hydrogen) atoms. The lowest BCUT2D eigenvalue weighted by Gasteiger charge is -2.46. The lowest BCUT2D eigenvalue weighted by molar-refractivity contribution is 0.590. The summed E-state index contributed by atoms with van der Waals surface area (Å²) in [6, 6.07) is 85.7. The van der Waals surface area contributed by atoms with Crippen LogP contribution in [0.4, 0.5) is 34.1 Å². The quantitative estimate of drug-likeness (QED) is 0.0561. The number of anilines is 6. The highest BCUT2D eigenvalue weighted by Crippen LogP contribution is 2.52. The van der Waals surface area contributed by atoms with Gasteiger partial charge in [-0.15, -0.1) is 0 Å². The van der Waals surface area contributed by atoms with Crippen molar-refractivity contribution in [3.05, 3.63) is 257 Å². The highest BCUT2D eigenvalue weighted by molar-refractivity contribution is 7.00. The maximum atomic E-state index is 2.87. The third kappa shape index (κ3) is 12.1. The second kappa shape index (κ2) is 28.1. The molecule has 0 fully saturated rings. The molecule has 0 N–H and O–H groups in total. The van der Waals surface area contributed by atoms with Crippen molar-refractivity contribution in [2.45, 2.75) is 183 Å². The minimum absolute atomic E-state index is 0.0909. The third-order valence-electron chi connectivity index (χ3n) is 21.9. The summed E-state index contributed by atoms with van der Waals surface area (Å²) in [6.07, 6.45) is 20.1. The van der Waals surface area contributed by atoms with E-state index in [1.165, 1.54) is 192 Å². The molecule has 0 saturated carbocycles. The van der Waals surface area contributed by atoms with E-state index in [0.29, 0.717) is 0 Å². The molecule has 0 saturated heterocycles. The van der Waals surface area contributed by atoms with Gasteiger partial charge in [-0.1, -0.05) is 246 Å². The average Bonchev–Trinajstić information content (AvgIpc) is 1.13. The summed E-state index contributed by atoms with van der Waals surface area (Å²) in [5.41, 5.74) is 34.3. The zero-order chi connectivity index (χ0) is 67.9. The normalized spacial score (nSPS) is 12.8. The van der Waals surface area contributed by atoms with E-state index < -0.39 is 0 Å². The Balaban J connectivity index is 1.07. The Morgan fingerprint density at radius 1 is 0.303 bits per heavy atom. The van der Waals surface area contributed by atoms with Crippen LogP contribution in [0, 0.1) is 0 Å². The van der Waals surface area contributed by atoms with Crippen LogP contribution in [0.2, 0.25) is 0 Å². The van der Waals surface area contributed by atoms with E-state index in [2.05, 4.69) is 300 Å². The van der Waals surface area contributed by atoms with Crippen LogP contribution in [-0.4, -0.2) is 15.8 Å². The molecule has 2 aromatic heterocycles. The number of unbranched alkanes of at least 4 members (excludes halogenated alkanes) is 6. The Kier molecular flexibility index (Phi) is 18.6. The van der Waals surface area contributed by atoms with E-state index in [9.17, 15) is 0 Å². The zero-order valence-electron chi connectivity index (χ0n) is 60.4. The number of fused-ring (bicyclic) bond motifs is 10. The van der Waals surface area contributed by atoms with Crippen LogP contribution in [0.5, 0.6) is 0 Å². The van der Waals surface area contributed by atoms with E-state index in [-0.39, 0.29) is 12.1 Å². The fourth-order valence-electron chi connectivity index (χ4n) is 16.8. The molecule has 2 aliphatic rings. The Bertz CT molecular complexity index is 4750. The summed E-state index contributed by atoms with van der Waals surface area (Å²) in [5, 5.41) is 5.07. The Hall–Kier alpha value is -9.32. The van der Waals surface area contributed by atoms with Gasteiger partial charge in [0.2, 0.25) is 0 Å². The van der Waals surface area contributed by atoms with Crippen LogP contribution in [-0.2, 0) is 43.9 Å². The standard InChI is InChI=1S/C94H99BN4/c1-10-16-32-64-54-70(34-18-12-3)92(71(55-64)35-19-13-4)98-87-62-75(96-83-44-30-28-42-77(83)79-58-68(46-52-85(79)96)66-38-24-22-25-39-66)48-50-81(87)95-82-51-49-76(97-84-45-31-29-43-78(84)80-59-69(47-53-86(80)97)67-40-26-23-27-41-67)63-88(82)99(90-61-74(94(7,8)9)60-89(98)91(90)95)93-72(36-20-14-5)56-65(33-17-11-2)57-73(93)37-21-15-6/h22-31,38-63H,10-21,32-37H2,1-9H3. The molecule has 0 unspecified atom stereocenters. The van der Waals surface area contributed by atoms with Gasteiger partial charge in [-0.3, -0.25) is 0 Å². The van der Waals surface area contributed by atoms with E-state index in [4.69, 9.17) is 0 Å². The number of para-hydroxylation sites is 2. The number of rotatable bonds is 24. The van der Waals surface area contributed by atoms with Crippen molar-refractivity contribution in [2.24, 2.45) is 0 Å². The van der Waals surface area contributed by atoms with Gasteiger partial charge in [-0.2, -0.15) is 0 Å². The van der Waals surface area contributed by atoms with Gasteiger partial charge in [-0.25, -0.2) is 0 Å². The van der Waals surface area contributed by atoms with E-state index >= 15 is 0 Å². The van der Waals surface area contributed by atoms with Gasteiger partial charge in [0.05, 0.1) is 33.4 Å². The summed E-state index contributed by atoms with van der Waals surface area (Å²) >= 11 is 0. The Labute approximate surface area is 590 Å². The molecule has 0 radical (unpaired) electrons. The second-order valence-electron chi connectivity index (χ2n) is 29.8. The molecule has 498 valence electrons. The predicted octanol–water partition coefficient (Wildman–Crippen LogP) is 24.7. The number of aryl methyl sites for hydroxylation is 6. The van der Waals surface area contributed by atoms with Crippen molar-refractivity contribution >= 4 is 101 Å². The topological polar surface area (TPSA) is 16.3 Å². The first kappa shape index (κ1) is 65.6. The summed E-state index contributed by atoms with van der Waals surface area (Å²) in [7, 11) is 0. The van der Waals surface area contributed by atoms with Crippen LogP contribution < -0.4 is 26.2 Å². The number of hydrogen-bond donors (Lipinski definition) is 0. The van der Waals surface area contributed by atoms with E-state index in [1.807, 2.05) is 0 Å². The molecule has 2 aliphatic heterocycles. The largest absolute Gasteiger partial charge is 0.311 e. The number of aromatic nitrogens is 2. The first-order valence-corrected chi connectivity index (χ1v) is 38.1. The molecule has 0 bridgehead atoms. The second-order valence-corrected chi connectivity index (χ2v) is 29.8. The molecule has 5 heteroatoms.